The van der Waals surface area contributed by atoms with Crippen molar-refractivity contribution in [2.24, 2.45) is 0 Å². The Morgan fingerprint density at radius 2 is 2.14 bits per heavy atom. The van der Waals surface area contributed by atoms with E-state index in [4.69, 9.17) is 0 Å². The molecule has 0 saturated carbocycles. The van der Waals surface area contributed by atoms with Crippen LogP contribution in [0, 0.1) is 0 Å². The van der Waals surface area contributed by atoms with Crippen molar-refractivity contribution in [1.29, 1.82) is 0 Å². The van der Waals surface area contributed by atoms with Crippen molar-refractivity contribution >= 4 is 17.5 Å². The Bertz CT molecular complexity index is 667. The zero-order chi connectivity index (χ0) is 15.5. The lowest BCUT2D eigenvalue weighted by Gasteiger charge is -2.18. The Morgan fingerprint density at radius 1 is 1.36 bits per heavy atom. The number of rotatable bonds is 4. The topological polar surface area (TPSA) is 79.5 Å². The normalized spacial score (nSPS) is 14.4. The number of aromatic nitrogens is 2. The summed E-state index contributed by atoms with van der Waals surface area (Å²) in [5.74, 6) is 0.451. The molecule has 7 nitrogen and oxygen atoms in total. The van der Waals surface area contributed by atoms with Crippen molar-refractivity contribution in [3.63, 3.8) is 0 Å². The Kier molecular flexibility index (Phi) is 3.86. The highest BCUT2D eigenvalue weighted by Gasteiger charge is 2.22. The number of hydrogen-bond donors (Lipinski definition) is 0. The van der Waals surface area contributed by atoms with Gasteiger partial charge in [0.25, 0.3) is 5.91 Å². The van der Waals surface area contributed by atoms with E-state index in [-0.39, 0.29) is 18.4 Å². The number of anilines is 1. The summed E-state index contributed by atoms with van der Waals surface area (Å²) in [5, 5.41) is 3.68. The second-order valence-corrected chi connectivity index (χ2v) is 5.20. The monoisotopic (exact) mass is 300 g/mol. The molecule has 0 atom stereocenters. The maximum absolute atomic E-state index is 12.3. The summed E-state index contributed by atoms with van der Waals surface area (Å²) in [7, 11) is 1.68. The van der Waals surface area contributed by atoms with Gasteiger partial charge in [-0.2, -0.15) is 4.98 Å². The molecule has 0 spiro atoms. The number of amides is 2. The molecule has 0 aliphatic carbocycles. The molecular formula is C15H16N4O3. The summed E-state index contributed by atoms with van der Waals surface area (Å²) in [4.78, 5) is 31.2. The molecule has 7 heteroatoms. The minimum Gasteiger partial charge on any atom is -0.343 e. The average molecular weight is 300 g/mol. The van der Waals surface area contributed by atoms with Gasteiger partial charge in [-0.15, -0.1) is 0 Å². The first-order valence-corrected chi connectivity index (χ1v) is 7.06. The Morgan fingerprint density at radius 3 is 2.73 bits per heavy atom. The van der Waals surface area contributed by atoms with Gasteiger partial charge in [-0.3, -0.25) is 9.59 Å². The molecule has 0 radical (unpaired) electrons. The lowest BCUT2D eigenvalue weighted by Crippen LogP contribution is -2.27. The van der Waals surface area contributed by atoms with Gasteiger partial charge in [0, 0.05) is 31.3 Å². The molecule has 1 aliphatic rings. The quantitative estimate of drug-likeness (QED) is 0.854. The summed E-state index contributed by atoms with van der Waals surface area (Å²) < 4.78 is 4.65. The molecule has 0 N–H and O–H groups in total. The maximum atomic E-state index is 12.3. The molecule has 22 heavy (non-hydrogen) atoms. The van der Waals surface area contributed by atoms with E-state index in [1.807, 2.05) is 0 Å². The predicted molar refractivity (Wildman–Crippen MR) is 78.1 cm³/mol. The SMILES string of the molecule is CN(Cc1ncon1)C(=O)c1ccc(N2CCCC2=O)cc1. The van der Waals surface area contributed by atoms with Crippen LogP contribution < -0.4 is 4.90 Å². The molecule has 3 rings (SSSR count). The third-order valence-electron chi connectivity index (χ3n) is 3.63. The highest BCUT2D eigenvalue weighted by Crippen LogP contribution is 2.22. The maximum Gasteiger partial charge on any atom is 0.254 e. The average Bonchev–Trinajstić information content (AvgIpc) is 3.18. The fourth-order valence-electron chi connectivity index (χ4n) is 2.47. The van der Waals surface area contributed by atoms with E-state index in [2.05, 4.69) is 14.7 Å². The van der Waals surface area contributed by atoms with Crippen molar-refractivity contribution < 1.29 is 14.1 Å². The number of carbonyl (C=O) groups is 2. The number of benzene rings is 1. The van der Waals surface area contributed by atoms with E-state index in [0.717, 1.165) is 18.7 Å². The Balaban J connectivity index is 1.69. The van der Waals surface area contributed by atoms with Gasteiger partial charge in [0.1, 0.15) is 0 Å². The van der Waals surface area contributed by atoms with Gasteiger partial charge in [0.2, 0.25) is 12.3 Å². The van der Waals surface area contributed by atoms with Crippen LogP contribution in [-0.4, -0.2) is 40.4 Å². The summed E-state index contributed by atoms with van der Waals surface area (Å²) >= 11 is 0. The Hall–Kier alpha value is -2.70. The smallest absolute Gasteiger partial charge is 0.254 e. The van der Waals surface area contributed by atoms with Crippen LogP contribution in [-0.2, 0) is 11.3 Å². The summed E-state index contributed by atoms with van der Waals surface area (Å²) in [5.41, 5.74) is 1.39. The molecule has 1 fully saturated rings. The van der Waals surface area contributed by atoms with Gasteiger partial charge in [-0.1, -0.05) is 5.16 Å². The van der Waals surface area contributed by atoms with Crippen molar-refractivity contribution in [3.8, 4) is 0 Å². The van der Waals surface area contributed by atoms with E-state index in [0.29, 0.717) is 17.8 Å². The van der Waals surface area contributed by atoms with Gasteiger partial charge in [-0.05, 0) is 30.7 Å². The van der Waals surface area contributed by atoms with Crippen LogP contribution in [0.15, 0.2) is 35.2 Å². The van der Waals surface area contributed by atoms with E-state index in [1.54, 1.807) is 36.2 Å². The van der Waals surface area contributed by atoms with Crippen LogP contribution >= 0.6 is 0 Å². The zero-order valence-corrected chi connectivity index (χ0v) is 12.2. The first-order valence-electron chi connectivity index (χ1n) is 7.06. The fraction of sp³-hybridized carbons (Fsp3) is 0.333. The van der Waals surface area contributed by atoms with Crippen molar-refractivity contribution in [1.82, 2.24) is 15.0 Å². The van der Waals surface area contributed by atoms with E-state index < -0.39 is 0 Å². The fourth-order valence-corrected chi connectivity index (χ4v) is 2.47. The van der Waals surface area contributed by atoms with Crippen LogP contribution in [0.1, 0.15) is 29.0 Å². The van der Waals surface area contributed by atoms with Gasteiger partial charge < -0.3 is 14.3 Å². The molecule has 2 aromatic rings. The minimum atomic E-state index is -0.135. The van der Waals surface area contributed by atoms with Crippen LogP contribution in [0.25, 0.3) is 0 Å². The molecule has 1 aliphatic heterocycles. The van der Waals surface area contributed by atoms with Gasteiger partial charge >= 0.3 is 0 Å². The predicted octanol–water partition coefficient (Wildman–Crippen LogP) is 1.47. The summed E-state index contributed by atoms with van der Waals surface area (Å²) in [6, 6.07) is 7.07. The summed E-state index contributed by atoms with van der Waals surface area (Å²) in [6.45, 7) is 1.02. The Labute approximate surface area is 127 Å². The summed E-state index contributed by atoms with van der Waals surface area (Å²) in [6.07, 6.45) is 2.70. The molecule has 0 unspecified atom stereocenters. The van der Waals surface area contributed by atoms with Crippen LogP contribution in [0.4, 0.5) is 5.69 Å². The molecule has 1 saturated heterocycles. The highest BCUT2D eigenvalue weighted by molar-refractivity contribution is 5.97. The van der Waals surface area contributed by atoms with E-state index >= 15 is 0 Å². The minimum absolute atomic E-state index is 0.133. The number of carbonyl (C=O) groups excluding carboxylic acids is 2. The van der Waals surface area contributed by atoms with Crippen LogP contribution in [0.3, 0.4) is 0 Å². The first kappa shape index (κ1) is 14.2. The molecule has 1 aromatic carbocycles. The molecule has 2 amide bonds. The van der Waals surface area contributed by atoms with Gasteiger partial charge in [0.05, 0.1) is 6.54 Å². The van der Waals surface area contributed by atoms with Gasteiger partial charge in [-0.25, -0.2) is 0 Å². The van der Waals surface area contributed by atoms with Gasteiger partial charge in [0.15, 0.2) is 5.82 Å². The molecule has 114 valence electrons. The highest BCUT2D eigenvalue weighted by atomic mass is 16.5. The van der Waals surface area contributed by atoms with E-state index in [1.165, 1.54) is 11.3 Å². The molecule has 0 bridgehead atoms. The molecule has 1 aromatic heterocycles. The van der Waals surface area contributed by atoms with Crippen molar-refractivity contribution in [3.05, 3.63) is 42.0 Å². The van der Waals surface area contributed by atoms with E-state index in [9.17, 15) is 9.59 Å². The largest absolute Gasteiger partial charge is 0.343 e. The first-order chi connectivity index (χ1) is 10.6. The number of nitrogens with zero attached hydrogens (tertiary/aromatic N) is 4. The third-order valence-corrected chi connectivity index (χ3v) is 3.63. The molecular weight excluding hydrogens is 284 g/mol. The second-order valence-electron chi connectivity index (χ2n) is 5.20. The molecule has 2 heterocycles. The second kappa shape index (κ2) is 5.97. The lowest BCUT2D eigenvalue weighted by atomic mass is 10.1. The zero-order valence-electron chi connectivity index (χ0n) is 12.2. The standard InChI is InChI=1S/C15H16N4O3/c1-18(9-13-16-10-22-17-13)15(21)11-4-6-12(7-5-11)19-8-2-3-14(19)20/h4-7,10H,2-3,8-9H2,1H3. The lowest BCUT2D eigenvalue weighted by molar-refractivity contribution is -0.117. The number of hydrogen-bond acceptors (Lipinski definition) is 5. The third kappa shape index (κ3) is 2.83. The van der Waals surface area contributed by atoms with Crippen molar-refractivity contribution in [2.75, 3.05) is 18.5 Å². The van der Waals surface area contributed by atoms with Crippen LogP contribution in [0.2, 0.25) is 0 Å². The van der Waals surface area contributed by atoms with Crippen molar-refractivity contribution in [2.45, 2.75) is 19.4 Å². The van der Waals surface area contributed by atoms with Crippen LogP contribution in [0.5, 0.6) is 0 Å².